The van der Waals surface area contributed by atoms with Crippen LogP contribution in [0.4, 0.5) is 5.69 Å². The Bertz CT molecular complexity index is 3020. The van der Waals surface area contributed by atoms with Crippen LogP contribution in [0.3, 0.4) is 0 Å². The van der Waals surface area contributed by atoms with Crippen LogP contribution >= 0.6 is 0 Å². The lowest BCUT2D eigenvalue weighted by atomic mass is 9.65. The van der Waals surface area contributed by atoms with Crippen molar-refractivity contribution in [2.45, 2.75) is 44.4 Å². The van der Waals surface area contributed by atoms with Crippen LogP contribution in [0.15, 0.2) is 218 Å². The lowest BCUT2D eigenvalue weighted by Gasteiger charge is -2.39. The molecule has 0 amide bonds. The van der Waals surface area contributed by atoms with E-state index in [0.717, 1.165) is 74.5 Å². The number of rotatable bonds is 10. The summed E-state index contributed by atoms with van der Waals surface area (Å²) in [6, 6.07) is 69.1. The van der Waals surface area contributed by atoms with Crippen LogP contribution in [-0.4, -0.2) is 20.7 Å². The van der Waals surface area contributed by atoms with Crippen LogP contribution in [0.25, 0.3) is 61.2 Å². The van der Waals surface area contributed by atoms with Gasteiger partial charge in [0.1, 0.15) is 0 Å². The standard InChI is InChI=1S/C59H48N4/c1-42(54-17-8-12-38-60-54)40-57(62-51-14-4-2-5-15-51)47-24-20-43(21-25-47)45-28-32-49(33-29-45)59(36-10-3-11-37-59)50-34-30-46(31-35-50)44-22-26-48(27-23-44)58-41-53(55-18-9-13-39-61-55)52-16-6-7-19-56(52)63-58/h2,4-9,12-35,38-41H,3,10-11,36-37H2,1H3/b42-40+,62-57+. The van der Waals surface area contributed by atoms with Gasteiger partial charge < -0.3 is 0 Å². The molecular formula is C59H48N4. The van der Waals surface area contributed by atoms with Gasteiger partial charge in [0.25, 0.3) is 0 Å². The molecule has 1 saturated carbocycles. The van der Waals surface area contributed by atoms with Gasteiger partial charge in [-0.2, -0.15) is 0 Å². The van der Waals surface area contributed by atoms with Crippen LogP contribution in [-0.2, 0) is 5.41 Å². The second kappa shape index (κ2) is 17.8. The molecule has 0 atom stereocenters. The molecule has 4 nitrogen and oxygen atoms in total. The maximum atomic E-state index is 5.06. The Morgan fingerprint density at radius 1 is 0.508 bits per heavy atom. The zero-order valence-corrected chi connectivity index (χ0v) is 35.5. The van der Waals surface area contributed by atoms with E-state index in [1.807, 2.05) is 79.1 Å². The molecular weight excluding hydrogens is 765 g/mol. The fourth-order valence-corrected chi connectivity index (χ4v) is 9.28. The third-order valence-corrected chi connectivity index (χ3v) is 12.7. The minimum atomic E-state index is -0.00327. The summed E-state index contributed by atoms with van der Waals surface area (Å²) in [6.07, 6.45) is 11.9. The first-order valence-electron chi connectivity index (χ1n) is 22.1. The van der Waals surface area contributed by atoms with Gasteiger partial charge in [0.2, 0.25) is 0 Å². The number of para-hydroxylation sites is 2. The average Bonchev–Trinajstić information content (AvgIpc) is 3.37. The van der Waals surface area contributed by atoms with Crippen LogP contribution in [0.2, 0.25) is 0 Å². The maximum absolute atomic E-state index is 5.06. The van der Waals surface area contributed by atoms with Crippen LogP contribution in [0, 0.1) is 0 Å². The summed E-state index contributed by atoms with van der Waals surface area (Å²) in [5.74, 6) is 0. The Morgan fingerprint density at radius 3 is 1.68 bits per heavy atom. The van der Waals surface area contributed by atoms with E-state index >= 15 is 0 Å². The number of benzene rings is 6. The van der Waals surface area contributed by atoms with Crippen molar-refractivity contribution in [3.8, 4) is 44.8 Å². The Labute approximate surface area is 370 Å². The zero-order chi connectivity index (χ0) is 42.4. The summed E-state index contributed by atoms with van der Waals surface area (Å²) >= 11 is 0. The quantitative estimate of drug-likeness (QED) is 0.129. The third-order valence-electron chi connectivity index (χ3n) is 12.7. The third kappa shape index (κ3) is 8.41. The van der Waals surface area contributed by atoms with E-state index in [9.17, 15) is 0 Å². The second-order valence-corrected chi connectivity index (χ2v) is 16.6. The van der Waals surface area contributed by atoms with Gasteiger partial charge in [-0.05, 0) is 113 Å². The van der Waals surface area contributed by atoms with Crippen molar-refractivity contribution in [3.63, 3.8) is 0 Å². The van der Waals surface area contributed by atoms with Crippen LogP contribution in [0.5, 0.6) is 0 Å². The highest BCUT2D eigenvalue weighted by molar-refractivity contribution is 6.13. The lowest BCUT2D eigenvalue weighted by Crippen LogP contribution is -2.30. The highest BCUT2D eigenvalue weighted by atomic mass is 14.7. The largest absolute Gasteiger partial charge is 0.257 e. The van der Waals surface area contributed by atoms with Gasteiger partial charge in [-0.25, -0.2) is 9.98 Å². The summed E-state index contributed by atoms with van der Waals surface area (Å²) in [5, 5.41) is 1.11. The topological polar surface area (TPSA) is 51.0 Å². The van der Waals surface area contributed by atoms with Gasteiger partial charge in [0, 0.05) is 39.9 Å². The fourth-order valence-electron chi connectivity index (χ4n) is 9.28. The van der Waals surface area contributed by atoms with Gasteiger partial charge in [-0.15, -0.1) is 0 Å². The minimum absolute atomic E-state index is 0.00327. The Hall–Kier alpha value is -7.56. The molecule has 1 aliphatic carbocycles. The van der Waals surface area contributed by atoms with Crippen molar-refractivity contribution in [3.05, 3.63) is 235 Å². The van der Waals surface area contributed by atoms with E-state index in [1.165, 1.54) is 52.6 Å². The molecule has 1 aliphatic rings. The van der Waals surface area contributed by atoms with E-state index in [0.29, 0.717) is 0 Å². The minimum Gasteiger partial charge on any atom is -0.257 e. The van der Waals surface area contributed by atoms with Gasteiger partial charge in [0.05, 0.1) is 34.0 Å². The molecule has 0 spiro atoms. The SMILES string of the molecule is C/C(=C\C(=N/c1ccccc1)c1ccc(-c2ccc(C3(c4ccc(-c5ccc(-c6cc(-c7ccccn7)c7ccccc7n6)cc5)cc4)CCCCC3)cc2)cc1)c1ccccn1. The van der Waals surface area contributed by atoms with E-state index in [2.05, 4.69) is 150 Å². The first kappa shape index (κ1) is 39.6. The first-order valence-corrected chi connectivity index (χ1v) is 22.1. The van der Waals surface area contributed by atoms with E-state index in [4.69, 9.17) is 9.98 Å². The highest BCUT2D eigenvalue weighted by Crippen LogP contribution is 2.46. The van der Waals surface area contributed by atoms with Gasteiger partial charge in [0.15, 0.2) is 0 Å². The number of aliphatic imine (C=N–C) groups is 1. The van der Waals surface area contributed by atoms with E-state index in [-0.39, 0.29) is 5.41 Å². The molecule has 0 aliphatic heterocycles. The fraction of sp³-hybridized carbons (Fsp3) is 0.119. The number of fused-ring (bicyclic) bond motifs is 1. The molecule has 9 aromatic rings. The molecule has 3 heterocycles. The summed E-state index contributed by atoms with van der Waals surface area (Å²) in [4.78, 5) is 19.4. The molecule has 6 aromatic carbocycles. The van der Waals surface area contributed by atoms with Gasteiger partial charge in [-0.3, -0.25) is 9.97 Å². The van der Waals surface area contributed by atoms with Crippen molar-refractivity contribution >= 4 is 27.9 Å². The molecule has 3 aromatic heterocycles. The predicted octanol–water partition coefficient (Wildman–Crippen LogP) is 15.2. The average molecular weight is 813 g/mol. The monoisotopic (exact) mass is 812 g/mol. The molecule has 304 valence electrons. The normalized spacial score (nSPS) is 14.1. The Kier molecular flexibility index (Phi) is 11.2. The number of aromatic nitrogens is 3. The summed E-state index contributed by atoms with van der Waals surface area (Å²) in [5.41, 5.74) is 17.6. The summed E-state index contributed by atoms with van der Waals surface area (Å²) < 4.78 is 0. The highest BCUT2D eigenvalue weighted by Gasteiger charge is 2.35. The van der Waals surface area contributed by atoms with Crippen molar-refractivity contribution in [2.75, 3.05) is 0 Å². The predicted molar refractivity (Wildman–Crippen MR) is 262 cm³/mol. The van der Waals surface area contributed by atoms with Crippen molar-refractivity contribution < 1.29 is 0 Å². The molecule has 0 saturated heterocycles. The molecule has 0 bridgehead atoms. The van der Waals surface area contributed by atoms with Gasteiger partial charge in [-0.1, -0.05) is 165 Å². The Morgan fingerprint density at radius 2 is 1.06 bits per heavy atom. The number of pyridine rings is 3. The maximum Gasteiger partial charge on any atom is 0.0716 e. The van der Waals surface area contributed by atoms with Crippen molar-refractivity contribution in [1.82, 2.24) is 15.0 Å². The molecule has 63 heavy (non-hydrogen) atoms. The molecule has 0 N–H and O–H groups in total. The van der Waals surface area contributed by atoms with E-state index < -0.39 is 0 Å². The number of hydrogen-bond acceptors (Lipinski definition) is 4. The number of hydrogen-bond donors (Lipinski definition) is 0. The van der Waals surface area contributed by atoms with E-state index in [1.54, 1.807) is 0 Å². The van der Waals surface area contributed by atoms with Crippen LogP contribution in [0.1, 0.15) is 61.4 Å². The summed E-state index contributed by atoms with van der Waals surface area (Å²) in [6.45, 7) is 2.09. The van der Waals surface area contributed by atoms with Gasteiger partial charge >= 0.3 is 0 Å². The van der Waals surface area contributed by atoms with Crippen LogP contribution < -0.4 is 0 Å². The van der Waals surface area contributed by atoms with Crippen molar-refractivity contribution in [2.24, 2.45) is 4.99 Å². The number of nitrogens with zero attached hydrogens (tertiary/aromatic N) is 4. The number of allylic oxidation sites excluding steroid dienone is 2. The van der Waals surface area contributed by atoms with Crippen molar-refractivity contribution in [1.29, 1.82) is 0 Å². The molecule has 0 unspecified atom stereocenters. The molecule has 1 fully saturated rings. The smallest absolute Gasteiger partial charge is 0.0716 e. The lowest BCUT2D eigenvalue weighted by molar-refractivity contribution is 0.346. The second-order valence-electron chi connectivity index (χ2n) is 16.6. The summed E-state index contributed by atoms with van der Waals surface area (Å²) in [7, 11) is 0. The zero-order valence-electron chi connectivity index (χ0n) is 35.5. The molecule has 4 heteroatoms. The molecule has 0 radical (unpaired) electrons. The Balaban J connectivity index is 0.893. The molecule has 10 rings (SSSR count). The first-order chi connectivity index (χ1) is 31.1.